The van der Waals surface area contributed by atoms with Crippen LogP contribution in [0.1, 0.15) is 22.7 Å². The zero-order valence-corrected chi connectivity index (χ0v) is 20.4. The SMILES string of the molecule is COc1cc(/C(O)=C2/C(=O)C(=O)N(c3ccc(C#N)cc3)C2c2cccc(OC)c2OC)ccc1Cl. The van der Waals surface area contributed by atoms with Crippen LogP contribution in [0.5, 0.6) is 17.2 Å². The largest absolute Gasteiger partial charge is 0.507 e. The van der Waals surface area contributed by atoms with Gasteiger partial charge in [-0.2, -0.15) is 5.26 Å². The topological polar surface area (TPSA) is 109 Å². The predicted molar refractivity (Wildman–Crippen MR) is 133 cm³/mol. The maximum absolute atomic E-state index is 13.4. The van der Waals surface area contributed by atoms with E-state index in [4.69, 9.17) is 25.8 Å². The molecule has 0 aliphatic carbocycles. The Morgan fingerprint density at radius 2 is 1.67 bits per heavy atom. The van der Waals surface area contributed by atoms with Crippen molar-refractivity contribution in [1.29, 1.82) is 5.26 Å². The Kier molecular flexibility index (Phi) is 6.86. The highest BCUT2D eigenvalue weighted by Gasteiger charge is 2.48. The second-order valence-electron chi connectivity index (χ2n) is 7.76. The van der Waals surface area contributed by atoms with Gasteiger partial charge in [-0.25, -0.2) is 0 Å². The first kappa shape index (κ1) is 24.6. The number of rotatable bonds is 6. The number of amides is 1. The van der Waals surface area contributed by atoms with Crippen molar-refractivity contribution in [2.45, 2.75) is 6.04 Å². The number of para-hydroxylation sites is 1. The first-order valence-electron chi connectivity index (χ1n) is 10.7. The van der Waals surface area contributed by atoms with E-state index in [0.29, 0.717) is 33.3 Å². The van der Waals surface area contributed by atoms with Gasteiger partial charge in [-0.15, -0.1) is 0 Å². The molecule has 9 heteroatoms. The van der Waals surface area contributed by atoms with E-state index in [2.05, 4.69) is 0 Å². The van der Waals surface area contributed by atoms with Gasteiger partial charge in [-0.1, -0.05) is 23.7 Å². The molecule has 182 valence electrons. The Morgan fingerprint density at radius 3 is 2.28 bits per heavy atom. The smallest absolute Gasteiger partial charge is 0.300 e. The number of nitrogens with zero attached hydrogens (tertiary/aromatic N) is 2. The van der Waals surface area contributed by atoms with Crippen LogP contribution in [-0.4, -0.2) is 38.1 Å². The minimum atomic E-state index is -1.07. The number of benzene rings is 3. The molecule has 1 fully saturated rings. The number of hydrogen-bond donors (Lipinski definition) is 1. The highest BCUT2D eigenvalue weighted by atomic mass is 35.5. The number of ketones is 1. The minimum Gasteiger partial charge on any atom is -0.507 e. The number of aliphatic hydroxyl groups excluding tert-OH is 1. The van der Waals surface area contributed by atoms with Crippen molar-refractivity contribution in [2.75, 3.05) is 26.2 Å². The van der Waals surface area contributed by atoms with E-state index in [9.17, 15) is 20.0 Å². The van der Waals surface area contributed by atoms with Crippen LogP contribution in [-0.2, 0) is 9.59 Å². The summed E-state index contributed by atoms with van der Waals surface area (Å²) in [6.07, 6.45) is 0. The summed E-state index contributed by atoms with van der Waals surface area (Å²) in [6.45, 7) is 0. The number of carbonyl (C=O) groups excluding carboxylic acids is 2. The van der Waals surface area contributed by atoms with Crippen molar-refractivity contribution in [3.63, 3.8) is 0 Å². The minimum absolute atomic E-state index is 0.153. The van der Waals surface area contributed by atoms with Gasteiger partial charge < -0.3 is 19.3 Å². The Balaban J connectivity index is 2.01. The zero-order chi connectivity index (χ0) is 26.0. The van der Waals surface area contributed by atoms with Gasteiger partial charge in [0.2, 0.25) is 0 Å². The second kappa shape index (κ2) is 10.0. The van der Waals surface area contributed by atoms with Gasteiger partial charge in [0.1, 0.15) is 11.5 Å². The van der Waals surface area contributed by atoms with Gasteiger partial charge >= 0.3 is 0 Å². The van der Waals surface area contributed by atoms with Gasteiger partial charge in [0.05, 0.1) is 49.6 Å². The third kappa shape index (κ3) is 4.10. The predicted octanol–water partition coefficient (Wildman–Crippen LogP) is 4.86. The van der Waals surface area contributed by atoms with Crippen molar-refractivity contribution in [3.05, 3.63) is 87.9 Å². The average Bonchev–Trinajstić information content (AvgIpc) is 3.17. The Labute approximate surface area is 212 Å². The second-order valence-corrected chi connectivity index (χ2v) is 8.17. The molecule has 36 heavy (non-hydrogen) atoms. The first-order chi connectivity index (χ1) is 17.4. The van der Waals surface area contributed by atoms with Crippen LogP contribution in [0.15, 0.2) is 66.2 Å². The molecule has 0 aromatic heterocycles. The lowest BCUT2D eigenvalue weighted by molar-refractivity contribution is -0.132. The molecule has 3 aromatic carbocycles. The summed E-state index contributed by atoms with van der Waals surface area (Å²) in [5, 5.41) is 20.8. The fourth-order valence-electron chi connectivity index (χ4n) is 4.18. The van der Waals surface area contributed by atoms with E-state index in [1.807, 2.05) is 6.07 Å². The lowest BCUT2D eigenvalue weighted by atomic mass is 9.94. The monoisotopic (exact) mass is 504 g/mol. The molecule has 0 bridgehead atoms. The molecule has 1 aliphatic rings. The van der Waals surface area contributed by atoms with Crippen LogP contribution < -0.4 is 19.1 Å². The molecule has 3 aromatic rings. The normalized spacial score (nSPS) is 16.5. The Bertz CT molecular complexity index is 1430. The van der Waals surface area contributed by atoms with E-state index in [1.54, 1.807) is 42.5 Å². The Morgan fingerprint density at radius 1 is 0.972 bits per heavy atom. The standard InChI is InChI=1S/C27H21ClN2O6/c1-34-20-6-4-5-18(26(20)36-3)23-22(24(31)16-9-12-19(28)21(13-16)35-2)25(32)27(33)30(23)17-10-7-15(14-29)8-11-17/h4-13,23,31H,1-3H3/b24-22-. The molecule has 1 atom stereocenters. The van der Waals surface area contributed by atoms with Gasteiger partial charge in [0.15, 0.2) is 11.5 Å². The maximum Gasteiger partial charge on any atom is 0.300 e. The number of anilines is 1. The van der Waals surface area contributed by atoms with E-state index in [-0.39, 0.29) is 16.9 Å². The summed E-state index contributed by atoms with van der Waals surface area (Å²) in [4.78, 5) is 28.0. The quantitative estimate of drug-likeness (QED) is 0.290. The van der Waals surface area contributed by atoms with Crippen molar-refractivity contribution in [1.82, 2.24) is 0 Å². The van der Waals surface area contributed by atoms with Crippen LogP contribution in [0.25, 0.3) is 5.76 Å². The molecule has 1 saturated heterocycles. The lowest BCUT2D eigenvalue weighted by Crippen LogP contribution is -2.29. The number of carbonyl (C=O) groups is 2. The van der Waals surface area contributed by atoms with Crippen LogP contribution >= 0.6 is 11.6 Å². The van der Waals surface area contributed by atoms with Crippen molar-refractivity contribution >= 4 is 34.7 Å². The summed E-state index contributed by atoms with van der Waals surface area (Å²) in [5.74, 6) is -1.18. The van der Waals surface area contributed by atoms with Gasteiger partial charge in [-0.3, -0.25) is 14.5 Å². The number of halogens is 1. The maximum atomic E-state index is 13.4. The number of ether oxygens (including phenoxy) is 3. The lowest BCUT2D eigenvalue weighted by Gasteiger charge is -2.27. The average molecular weight is 505 g/mol. The van der Waals surface area contributed by atoms with Crippen LogP contribution in [0.4, 0.5) is 5.69 Å². The molecule has 1 amide bonds. The van der Waals surface area contributed by atoms with Crippen LogP contribution in [0.2, 0.25) is 5.02 Å². The summed E-state index contributed by atoms with van der Waals surface area (Å²) < 4.78 is 16.3. The van der Waals surface area contributed by atoms with Gasteiger partial charge in [0, 0.05) is 16.8 Å². The van der Waals surface area contributed by atoms with E-state index in [0.717, 1.165) is 0 Å². The molecule has 1 unspecified atom stereocenters. The summed E-state index contributed by atoms with van der Waals surface area (Å²) in [5.41, 5.74) is 1.25. The molecule has 8 nitrogen and oxygen atoms in total. The fraction of sp³-hybridized carbons (Fsp3) is 0.148. The third-order valence-corrected chi connectivity index (χ3v) is 6.18. The van der Waals surface area contributed by atoms with Crippen LogP contribution in [0, 0.1) is 11.3 Å². The van der Waals surface area contributed by atoms with E-state index >= 15 is 0 Å². The summed E-state index contributed by atoms with van der Waals surface area (Å²) >= 11 is 6.13. The van der Waals surface area contributed by atoms with Gasteiger partial charge in [0.25, 0.3) is 11.7 Å². The van der Waals surface area contributed by atoms with Crippen LogP contribution in [0.3, 0.4) is 0 Å². The molecule has 1 N–H and O–H groups in total. The molecule has 0 saturated carbocycles. The molecule has 1 heterocycles. The number of aliphatic hydroxyl groups is 1. The van der Waals surface area contributed by atoms with E-state index in [1.165, 1.54) is 44.4 Å². The van der Waals surface area contributed by atoms with Crippen molar-refractivity contribution < 1.29 is 28.9 Å². The highest BCUT2D eigenvalue weighted by molar-refractivity contribution is 6.51. The zero-order valence-electron chi connectivity index (χ0n) is 19.6. The van der Waals surface area contributed by atoms with E-state index < -0.39 is 23.5 Å². The van der Waals surface area contributed by atoms with Crippen molar-refractivity contribution in [3.8, 4) is 23.3 Å². The molecular formula is C27H21ClN2O6. The Hall–Kier alpha value is -4.48. The van der Waals surface area contributed by atoms with Gasteiger partial charge in [-0.05, 0) is 48.5 Å². The molecule has 1 aliphatic heterocycles. The summed E-state index contributed by atoms with van der Waals surface area (Å²) in [7, 11) is 4.34. The molecule has 0 spiro atoms. The number of methoxy groups -OCH3 is 3. The fourth-order valence-corrected chi connectivity index (χ4v) is 4.37. The summed E-state index contributed by atoms with van der Waals surface area (Å²) in [6, 6.07) is 16.8. The molecule has 4 rings (SSSR count). The number of Topliss-reactive ketones (excluding diaryl/α,β-unsaturated/α-hetero) is 1. The number of hydrogen-bond acceptors (Lipinski definition) is 7. The molecule has 0 radical (unpaired) electrons. The first-order valence-corrected chi connectivity index (χ1v) is 11.1. The number of nitriles is 1. The molecular weight excluding hydrogens is 484 g/mol. The highest BCUT2D eigenvalue weighted by Crippen LogP contribution is 2.47. The third-order valence-electron chi connectivity index (χ3n) is 5.87. The van der Waals surface area contributed by atoms with Crippen molar-refractivity contribution in [2.24, 2.45) is 0 Å².